The van der Waals surface area contributed by atoms with Crippen LogP contribution in [0.3, 0.4) is 0 Å². The molecule has 0 atom stereocenters. The smallest absolute Gasteiger partial charge is 0.270 e. The second-order valence-electron chi connectivity index (χ2n) is 1.65. The van der Waals surface area contributed by atoms with E-state index in [9.17, 15) is 4.79 Å². The van der Waals surface area contributed by atoms with E-state index < -0.39 is 0 Å². The maximum Gasteiger partial charge on any atom is 0.270 e. The number of nitrogens with one attached hydrogen (secondary N) is 1. The molecule has 0 unspecified atom stereocenters. The summed E-state index contributed by atoms with van der Waals surface area (Å²) in [5, 5.41) is 4.06. The molecular weight excluding hydrogens is 147 g/mol. The highest BCUT2D eigenvalue weighted by atomic mass is 32.1. The van der Waals surface area contributed by atoms with E-state index >= 15 is 0 Å². The standard InChI is InChI=1S/C5H5BN2OS/c1-7-4(9)3-2-10-5(6)8-3/h2H,1H3,(H,7,9). The Morgan fingerprint density at radius 2 is 2.60 bits per heavy atom. The molecule has 1 amide bonds. The van der Waals surface area contributed by atoms with Crippen molar-refractivity contribution in [2.75, 3.05) is 7.05 Å². The molecule has 0 saturated carbocycles. The fourth-order valence-corrected chi connectivity index (χ4v) is 1.06. The molecule has 0 aromatic carbocycles. The lowest BCUT2D eigenvalue weighted by Crippen LogP contribution is -2.19. The van der Waals surface area contributed by atoms with Crippen LogP contribution in [0.1, 0.15) is 10.5 Å². The molecule has 50 valence electrons. The van der Waals surface area contributed by atoms with Crippen LogP contribution in [-0.2, 0) is 0 Å². The van der Waals surface area contributed by atoms with Gasteiger partial charge in [0.1, 0.15) is 5.69 Å². The molecule has 1 aromatic rings. The summed E-state index contributed by atoms with van der Waals surface area (Å²) in [7, 11) is 6.85. The van der Waals surface area contributed by atoms with E-state index in [2.05, 4.69) is 10.3 Å². The molecule has 0 bridgehead atoms. The van der Waals surface area contributed by atoms with Gasteiger partial charge in [0.05, 0.1) is 0 Å². The van der Waals surface area contributed by atoms with Crippen molar-refractivity contribution in [2.24, 2.45) is 0 Å². The van der Waals surface area contributed by atoms with Gasteiger partial charge in [-0.2, -0.15) is 0 Å². The van der Waals surface area contributed by atoms with Gasteiger partial charge in [-0.3, -0.25) is 4.79 Å². The van der Waals surface area contributed by atoms with E-state index in [0.29, 0.717) is 10.6 Å². The average molecular weight is 152 g/mol. The van der Waals surface area contributed by atoms with Gasteiger partial charge in [0.2, 0.25) is 0 Å². The van der Waals surface area contributed by atoms with Gasteiger partial charge in [-0.15, -0.1) is 11.3 Å². The Morgan fingerprint density at radius 3 is 3.00 bits per heavy atom. The van der Waals surface area contributed by atoms with E-state index in [1.165, 1.54) is 11.3 Å². The maximum absolute atomic E-state index is 10.8. The highest BCUT2D eigenvalue weighted by molar-refractivity contribution is 7.17. The maximum atomic E-state index is 10.8. The van der Waals surface area contributed by atoms with Crippen LogP contribution in [0.15, 0.2) is 5.38 Å². The first-order chi connectivity index (χ1) is 4.74. The first-order valence-corrected chi connectivity index (χ1v) is 3.55. The molecule has 0 spiro atoms. The number of aromatic nitrogens is 1. The molecule has 1 heterocycles. The van der Waals surface area contributed by atoms with Gasteiger partial charge < -0.3 is 5.32 Å². The van der Waals surface area contributed by atoms with Crippen molar-refractivity contribution in [2.45, 2.75) is 0 Å². The minimum Gasteiger partial charge on any atom is -0.354 e. The summed E-state index contributed by atoms with van der Waals surface area (Å²) >= 11 is 1.25. The highest BCUT2D eigenvalue weighted by Gasteiger charge is 2.04. The van der Waals surface area contributed by atoms with Crippen LogP contribution in [0.2, 0.25) is 0 Å². The largest absolute Gasteiger partial charge is 0.354 e. The summed E-state index contributed by atoms with van der Waals surface area (Å²) < 4.78 is 0. The summed E-state index contributed by atoms with van der Waals surface area (Å²) in [6.45, 7) is 0. The minimum atomic E-state index is -0.201. The van der Waals surface area contributed by atoms with Crippen LogP contribution >= 0.6 is 11.3 Å². The molecule has 0 aliphatic rings. The number of nitrogens with zero attached hydrogens (tertiary/aromatic N) is 1. The Balaban J connectivity index is 2.85. The summed E-state index contributed by atoms with van der Waals surface area (Å²) in [6, 6.07) is 0. The molecule has 0 fully saturated rings. The third-order valence-corrected chi connectivity index (χ3v) is 1.66. The Bertz CT molecular complexity index is 248. The van der Waals surface area contributed by atoms with Crippen LogP contribution in [0.5, 0.6) is 0 Å². The van der Waals surface area contributed by atoms with Crippen LogP contribution in [0.4, 0.5) is 0 Å². The molecule has 1 aromatic heterocycles. The molecule has 1 N–H and O–H groups in total. The normalized spacial score (nSPS) is 9.30. The third kappa shape index (κ3) is 1.36. The number of hydrogen-bond donors (Lipinski definition) is 1. The molecule has 3 nitrogen and oxygen atoms in total. The van der Waals surface area contributed by atoms with Gasteiger partial charge in [0.15, 0.2) is 7.85 Å². The zero-order chi connectivity index (χ0) is 7.56. The van der Waals surface area contributed by atoms with E-state index in [1.807, 2.05) is 0 Å². The molecule has 2 radical (unpaired) electrons. The quantitative estimate of drug-likeness (QED) is 0.540. The number of amides is 1. The van der Waals surface area contributed by atoms with Gasteiger partial charge in [0, 0.05) is 17.3 Å². The fraction of sp³-hybridized carbons (Fsp3) is 0.200. The van der Waals surface area contributed by atoms with Gasteiger partial charge >= 0.3 is 0 Å². The van der Waals surface area contributed by atoms with Gasteiger partial charge in [0.25, 0.3) is 5.91 Å². The summed E-state index contributed by atoms with van der Waals surface area (Å²) in [4.78, 5) is 15.0. The number of thiazole rings is 1. The van der Waals surface area contributed by atoms with Crippen molar-refractivity contribution in [3.63, 3.8) is 0 Å². The lowest BCUT2D eigenvalue weighted by atomic mass is 10.2. The van der Waals surface area contributed by atoms with Gasteiger partial charge in [-0.05, 0) is 0 Å². The van der Waals surface area contributed by atoms with Crippen molar-refractivity contribution in [3.8, 4) is 0 Å². The molecule has 0 saturated heterocycles. The Labute approximate surface area is 63.9 Å². The molecule has 1 rings (SSSR count). The molecular formula is C5H5BN2OS. The SMILES string of the molecule is [B]c1nc(C(=O)NC)cs1. The van der Waals surface area contributed by atoms with Crippen molar-refractivity contribution in [1.82, 2.24) is 10.3 Å². The number of carbonyl (C=O) groups excluding carboxylic acids is 1. The second kappa shape index (κ2) is 2.83. The lowest BCUT2D eigenvalue weighted by Gasteiger charge is -1.90. The number of carbonyl (C=O) groups is 1. The van der Waals surface area contributed by atoms with Crippen LogP contribution in [0, 0.1) is 0 Å². The minimum absolute atomic E-state index is 0.201. The van der Waals surface area contributed by atoms with Crippen LogP contribution in [-0.4, -0.2) is 25.8 Å². The lowest BCUT2D eigenvalue weighted by molar-refractivity contribution is 0.0959. The topological polar surface area (TPSA) is 42.0 Å². The summed E-state index contributed by atoms with van der Waals surface area (Å²) in [5.74, 6) is -0.201. The monoisotopic (exact) mass is 152 g/mol. The van der Waals surface area contributed by atoms with Gasteiger partial charge in [-0.1, -0.05) is 0 Å². The van der Waals surface area contributed by atoms with Crippen LogP contribution < -0.4 is 10.2 Å². The van der Waals surface area contributed by atoms with Crippen molar-refractivity contribution < 1.29 is 4.79 Å². The Kier molecular flexibility index (Phi) is 2.06. The zero-order valence-corrected chi connectivity index (χ0v) is 6.23. The Morgan fingerprint density at radius 1 is 1.90 bits per heavy atom. The predicted octanol–water partition coefficient (Wildman–Crippen LogP) is -0.704. The molecule has 0 aliphatic carbocycles. The zero-order valence-electron chi connectivity index (χ0n) is 5.42. The highest BCUT2D eigenvalue weighted by Crippen LogP contribution is 1.96. The fourth-order valence-electron chi connectivity index (χ4n) is 0.520. The first kappa shape index (κ1) is 7.27. The van der Waals surface area contributed by atoms with Gasteiger partial charge in [-0.25, -0.2) is 4.98 Å². The number of hydrogen-bond acceptors (Lipinski definition) is 3. The summed E-state index contributed by atoms with van der Waals surface area (Å²) in [5.41, 5.74) is 0.380. The molecule has 10 heavy (non-hydrogen) atoms. The van der Waals surface area contributed by atoms with E-state index in [4.69, 9.17) is 7.85 Å². The van der Waals surface area contributed by atoms with E-state index in [0.717, 1.165) is 0 Å². The first-order valence-electron chi connectivity index (χ1n) is 2.67. The second-order valence-corrected chi connectivity index (χ2v) is 2.54. The van der Waals surface area contributed by atoms with E-state index in [1.54, 1.807) is 12.4 Å². The summed E-state index contributed by atoms with van der Waals surface area (Å²) in [6.07, 6.45) is 0. The van der Waals surface area contributed by atoms with Crippen LogP contribution in [0.25, 0.3) is 0 Å². The number of rotatable bonds is 1. The van der Waals surface area contributed by atoms with Crippen molar-refractivity contribution in [3.05, 3.63) is 11.1 Å². The van der Waals surface area contributed by atoms with Crippen molar-refractivity contribution in [1.29, 1.82) is 0 Å². The molecule has 5 heteroatoms. The van der Waals surface area contributed by atoms with Crippen molar-refractivity contribution >= 4 is 30.0 Å². The van der Waals surface area contributed by atoms with E-state index in [-0.39, 0.29) is 5.91 Å². The average Bonchev–Trinajstić information content (AvgIpc) is 2.34. The predicted molar refractivity (Wildman–Crippen MR) is 40.9 cm³/mol. The Hall–Kier alpha value is -0.835. The molecule has 0 aliphatic heterocycles. The third-order valence-electron chi connectivity index (χ3n) is 0.982.